The number of hydrogen-bond donors (Lipinski definition) is 0. The molecule has 0 aromatic carbocycles. The van der Waals surface area contributed by atoms with Crippen molar-refractivity contribution in [3.63, 3.8) is 0 Å². The Hall–Kier alpha value is -0.373. The van der Waals surface area contributed by atoms with Crippen LogP contribution in [0.25, 0.3) is 0 Å². The van der Waals surface area contributed by atoms with Crippen LogP contribution in [-0.2, 0) is 0 Å². The first-order chi connectivity index (χ1) is 4.22. The molecule has 0 saturated carbocycles. The molecule has 0 rings (SSSR count). The topological polar surface area (TPSA) is 12.4 Å². The van der Waals surface area contributed by atoms with Crippen LogP contribution >= 0.6 is 0 Å². The number of rotatable bonds is 3. The lowest BCUT2D eigenvalue weighted by molar-refractivity contribution is 1.37. The van der Waals surface area contributed by atoms with Crippen LogP contribution in [0.4, 0.5) is 0 Å². The van der Waals surface area contributed by atoms with E-state index in [2.05, 4.69) is 25.0 Å². The SMILES string of the molecule is C=C(N=CC)[SiH](C)CC. The van der Waals surface area contributed by atoms with Crippen molar-refractivity contribution in [2.75, 3.05) is 0 Å². The lowest BCUT2D eigenvalue weighted by Crippen LogP contribution is -2.06. The number of aliphatic imine (C=N–C) groups is 1. The molecule has 1 atom stereocenters. The zero-order valence-corrected chi connectivity index (χ0v) is 7.67. The molecule has 0 aromatic rings. The van der Waals surface area contributed by atoms with Crippen LogP contribution in [0.3, 0.4) is 0 Å². The quantitative estimate of drug-likeness (QED) is 0.421. The van der Waals surface area contributed by atoms with E-state index in [1.165, 1.54) is 6.04 Å². The van der Waals surface area contributed by atoms with Crippen LogP contribution in [-0.4, -0.2) is 15.0 Å². The van der Waals surface area contributed by atoms with Crippen LogP contribution in [0, 0.1) is 0 Å². The largest absolute Gasteiger partial charge is 0.272 e. The van der Waals surface area contributed by atoms with Gasteiger partial charge in [-0.2, -0.15) is 0 Å². The molecule has 0 spiro atoms. The molecule has 0 saturated heterocycles. The highest BCUT2D eigenvalue weighted by molar-refractivity contribution is 6.65. The molecular formula is C7H15NSi. The summed E-state index contributed by atoms with van der Waals surface area (Å²) in [7, 11) is -0.685. The summed E-state index contributed by atoms with van der Waals surface area (Å²) in [6.07, 6.45) is 1.82. The van der Waals surface area contributed by atoms with Gasteiger partial charge >= 0.3 is 0 Å². The van der Waals surface area contributed by atoms with E-state index in [0.29, 0.717) is 0 Å². The first-order valence-corrected chi connectivity index (χ1v) is 5.94. The maximum absolute atomic E-state index is 4.14. The average Bonchev–Trinajstić information content (AvgIpc) is 1.87. The van der Waals surface area contributed by atoms with E-state index in [1.54, 1.807) is 0 Å². The minimum absolute atomic E-state index is 0.685. The van der Waals surface area contributed by atoms with Gasteiger partial charge in [0.1, 0.15) is 0 Å². The first-order valence-electron chi connectivity index (χ1n) is 3.39. The Labute approximate surface area is 59.1 Å². The molecule has 1 nitrogen and oxygen atoms in total. The third-order valence-electron chi connectivity index (χ3n) is 1.48. The summed E-state index contributed by atoms with van der Waals surface area (Å²) in [5.41, 5.74) is 0. The molecule has 0 aliphatic rings. The summed E-state index contributed by atoms with van der Waals surface area (Å²) < 4.78 is 0. The lowest BCUT2D eigenvalue weighted by Gasteiger charge is -2.03. The van der Waals surface area contributed by atoms with E-state index in [0.717, 1.165) is 5.32 Å². The molecule has 0 heterocycles. The van der Waals surface area contributed by atoms with Crippen LogP contribution in [0.2, 0.25) is 12.6 Å². The number of hydrogen-bond acceptors (Lipinski definition) is 1. The third-order valence-corrected chi connectivity index (χ3v) is 3.99. The normalized spacial score (nSPS) is 14.1. The minimum atomic E-state index is -0.685. The molecule has 0 N–H and O–H groups in total. The Morgan fingerprint density at radius 2 is 2.33 bits per heavy atom. The van der Waals surface area contributed by atoms with Crippen molar-refractivity contribution in [2.24, 2.45) is 4.99 Å². The summed E-state index contributed by atoms with van der Waals surface area (Å²) in [5, 5.41) is 1.13. The molecule has 2 heteroatoms. The highest BCUT2D eigenvalue weighted by Gasteiger charge is 2.01. The van der Waals surface area contributed by atoms with Crippen molar-refractivity contribution in [2.45, 2.75) is 26.4 Å². The Morgan fingerprint density at radius 3 is 2.67 bits per heavy atom. The Kier molecular flexibility index (Phi) is 4.31. The monoisotopic (exact) mass is 141 g/mol. The van der Waals surface area contributed by atoms with Gasteiger partial charge < -0.3 is 0 Å². The Balaban J connectivity index is 3.73. The van der Waals surface area contributed by atoms with Crippen LogP contribution < -0.4 is 0 Å². The number of nitrogens with zero attached hydrogens (tertiary/aromatic N) is 1. The molecule has 52 valence electrons. The van der Waals surface area contributed by atoms with E-state index in [1.807, 2.05) is 13.1 Å². The third kappa shape index (κ3) is 3.24. The summed E-state index contributed by atoms with van der Waals surface area (Å²) in [6, 6.07) is 1.26. The van der Waals surface area contributed by atoms with Crippen LogP contribution in [0.1, 0.15) is 13.8 Å². The van der Waals surface area contributed by atoms with Crippen molar-refractivity contribution in [1.29, 1.82) is 0 Å². The van der Waals surface area contributed by atoms with Gasteiger partial charge in [0, 0.05) is 11.5 Å². The van der Waals surface area contributed by atoms with Crippen molar-refractivity contribution in [3.05, 3.63) is 11.9 Å². The molecule has 0 aliphatic heterocycles. The molecule has 0 aliphatic carbocycles. The van der Waals surface area contributed by atoms with E-state index in [4.69, 9.17) is 0 Å². The van der Waals surface area contributed by atoms with Gasteiger partial charge in [0.25, 0.3) is 0 Å². The second-order valence-corrected chi connectivity index (χ2v) is 5.47. The zero-order valence-electron chi connectivity index (χ0n) is 6.52. The van der Waals surface area contributed by atoms with E-state index >= 15 is 0 Å². The van der Waals surface area contributed by atoms with Gasteiger partial charge in [-0.3, -0.25) is 4.99 Å². The highest BCUT2D eigenvalue weighted by atomic mass is 28.3. The van der Waals surface area contributed by atoms with Gasteiger partial charge in [0.15, 0.2) is 0 Å². The van der Waals surface area contributed by atoms with Gasteiger partial charge in [0.05, 0.1) is 8.80 Å². The Bertz CT molecular complexity index is 118. The van der Waals surface area contributed by atoms with Crippen molar-refractivity contribution in [1.82, 2.24) is 0 Å². The van der Waals surface area contributed by atoms with Crippen LogP contribution in [0.5, 0.6) is 0 Å². The highest BCUT2D eigenvalue weighted by Crippen LogP contribution is 2.02. The summed E-state index contributed by atoms with van der Waals surface area (Å²) in [5.74, 6) is 0. The fraction of sp³-hybridized carbons (Fsp3) is 0.571. The molecule has 1 unspecified atom stereocenters. The fourth-order valence-corrected chi connectivity index (χ4v) is 1.40. The van der Waals surface area contributed by atoms with Crippen molar-refractivity contribution < 1.29 is 0 Å². The van der Waals surface area contributed by atoms with Gasteiger partial charge in [-0.25, -0.2) is 0 Å². The molecule has 9 heavy (non-hydrogen) atoms. The molecule has 0 amide bonds. The van der Waals surface area contributed by atoms with Gasteiger partial charge in [-0.15, -0.1) is 0 Å². The van der Waals surface area contributed by atoms with E-state index in [9.17, 15) is 0 Å². The minimum Gasteiger partial charge on any atom is -0.272 e. The van der Waals surface area contributed by atoms with Crippen molar-refractivity contribution in [3.8, 4) is 0 Å². The molecule has 0 fully saturated rings. The van der Waals surface area contributed by atoms with Gasteiger partial charge in [-0.05, 0) is 6.92 Å². The predicted octanol–water partition coefficient (Wildman–Crippen LogP) is 2.01. The van der Waals surface area contributed by atoms with Crippen molar-refractivity contribution >= 4 is 15.0 Å². The molecule has 0 aromatic heterocycles. The maximum atomic E-state index is 4.14. The Morgan fingerprint density at radius 1 is 1.78 bits per heavy atom. The lowest BCUT2D eigenvalue weighted by atomic mass is 10.8. The summed E-state index contributed by atoms with van der Waals surface area (Å²) in [4.78, 5) is 4.14. The van der Waals surface area contributed by atoms with Gasteiger partial charge in [-0.1, -0.05) is 26.1 Å². The standard InChI is InChI=1S/C7H15NSi/c1-5-8-7(3)9(4)6-2/h5,9H,3,6H2,1-2,4H3. The average molecular weight is 141 g/mol. The van der Waals surface area contributed by atoms with Crippen LogP contribution in [0.15, 0.2) is 16.9 Å². The smallest absolute Gasteiger partial charge is 0.0903 e. The molecule has 0 radical (unpaired) electrons. The molecular weight excluding hydrogens is 126 g/mol. The zero-order chi connectivity index (χ0) is 7.28. The van der Waals surface area contributed by atoms with Gasteiger partial charge in [0.2, 0.25) is 0 Å². The fourth-order valence-electron chi connectivity index (χ4n) is 0.529. The maximum Gasteiger partial charge on any atom is 0.0903 e. The summed E-state index contributed by atoms with van der Waals surface area (Å²) in [6.45, 7) is 10.3. The van der Waals surface area contributed by atoms with E-state index < -0.39 is 8.80 Å². The second kappa shape index (κ2) is 4.50. The second-order valence-electron chi connectivity index (χ2n) is 2.19. The van der Waals surface area contributed by atoms with E-state index in [-0.39, 0.29) is 0 Å². The predicted molar refractivity (Wildman–Crippen MR) is 46.8 cm³/mol. The molecule has 0 bridgehead atoms. The first kappa shape index (κ1) is 8.63. The summed E-state index contributed by atoms with van der Waals surface area (Å²) >= 11 is 0.